The Labute approximate surface area is 140 Å². The molecule has 2 saturated heterocycles. The highest BCUT2D eigenvalue weighted by Crippen LogP contribution is 2.48. The normalized spacial score (nSPS) is 47.0. The number of hydrogen-bond acceptors (Lipinski definition) is 2. The van der Waals surface area contributed by atoms with Crippen LogP contribution in [0.1, 0.15) is 64.7 Å². The van der Waals surface area contributed by atoms with Crippen LogP contribution >= 0.6 is 12.4 Å². The molecular weight excluding hydrogens is 296 g/mol. The highest BCUT2D eigenvalue weighted by molar-refractivity contribution is 5.85. The molecule has 3 aliphatic carbocycles. The molecule has 0 aromatic heterocycles. The van der Waals surface area contributed by atoms with Gasteiger partial charge in [-0.25, -0.2) is 0 Å². The van der Waals surface area contributed by atoms with E-state index < -0.39 is 0 Å². The van der Waals surface area contributed by atoms with Crippen LogP contribution in [0, 0.1) is 23.7 Å². The molecule has 0 radical (unpaired) electrons. The first-order chi connectivity index (χ1) is 10.0. The van der Waals surface area contributed by atoms with Gasteiger partial charge in [0.1, 0.15) is 0 Å². The number of halogens is 1. The van der Waals surface area contributed by atoms with Crippen molar-refractivity contribution in [3.63, 3.8) is 0 Å². The van der Waals surface area contributed by atoms with Crippen LogP contribution in [0.15, 0.2) is 0 Å². The van der Waals surface area contributed by atoms with Gasteiger partial charge in [-0.1, -0.05) is 12.8 Å². The standard InChI is InChI=1S/C18H30N2O.ClH/c1-18(19)5-3-2-4-16(18)17(21)20-11-14-7-12-6-13(8-14)10-15(20)9-12;/h12-16H,2-11,19H2,1H3;1H. The molecule has 0 aromatic carbocycles. The van der Waals surface area contributed by atoms with Gasteiger partial charge in [0.2, 0.25) is 5.91 Å². The number of nitrogens with zero attached hydrogens (tertiary/aromatic N) is 1. The second kappa shape index (κ2) is 5.98. The molecular formula is C18H31ClN2O. The number of carbonyl (C=O) groups excluding carboxylic acids is 1. The van der Waals surface area contributed by atoms with Gasteiger partial charge in [-0.15, -0.1) is 12.4 Å². The van der Waals surface area contributed by atoms with Crippen LogP contribution in [0.3, 0.4) is 0 Å². The van der Waals surface area contributed by atoms with Crippen molar-refractivity contribution >= 4 is 18.3 Å². The molecule has 4 bridgehead atoms. The Bertz CT molecular complexity index is 425. The van der Waals surface area contributed by atoms with E-state index in [2.05, 4.69) is 11.8 Å². The lowest BCUT2D eigenvalue weighted by molar-refractivity contribution is -0.142. The van der Waals surface area contributed by atoms with E-state index in [1.54, 1.807) is 0 Å². The number of amides is 1. The highest BCUT2D eigenvalue weighted by atomic mass is 35.5. The highest BCUT2D eigenvalue weighted by Gasteiger charge is 2.47. The molecule has 3 nitrogen and oxygen atoms in total. The molecule has 126 valence electrons. The van der Waals surface area contributed by atoms with Gasteiger partial charge in [0, 0.05) is 18.1 Å². The Morgan fingerprint density at radius 3 is 2.32 bits per heavy atom. The van der Waals surface area contributed by atoms with Gasteiger partial charge < -0.3 is 10.6 Å². The molecule has 2 aliphatic heterocycles. The summed E-state index contributed by atoms with van der Waals surface area (Å²) in [4.78, 5) is 15.5. The molecule has 22 heavy (non-hydrogen) atoms. The van der Waals surface area contributed by atoms with E-state index in [1.165, 1.54) is 44.9 Å². The van der Waals surface area contributed by atoms with Crippen molar-refractivity contribution in [3.05, 3.63) is 0 Å². The Morgan fingerprint density at radius 1 is 1.05 bits per heavy atom. The van der Waals surface area contributed by atoms with Crippen LogP contribution in [0.5, 0.6) is 0 Å². The van der Waals surface area contributed by atoms with Crippen LogP contribution in [0.4, 0.5) is 0 Å². The molecule has 4 unspecified atom stereocenters. The first kappa shape index (κ1) is 16.6. The van der Waals surface area contributed by atoms with Crippen LogP contribution in [-0.2, 0) is 4.79 Å². The first-order valence-corrected chi connectivity index (χ1v) is 9.12. The predicted octanol–water partition coefficient (Wildman–Crippen LogP) is 3.35. The van der Waals surface area contributed by atoms with Crippen molar-refractivity contribution in [2.45, 2.75) is 76.3 Å². The lowest BCUT2D eigenvalue weighted by Gasteiger charge is -2.43. The molecule has 1 amide bonds. The zero-order chi connectivity index (χ0) is 14.6. The van der Waals surface area contributed by atoms with E-state index in [0.29, 0.717) is 11.9 Å². The van der Waals surface area contributed by atoms with Gasteiger partial charge in [-0.05, 0) is 69.6 Å². The molecule has 2 heterocycles. The van der Waals surface area contributed by atoms with Crippen molar-refractivity contribution in [1.82, 2.24) is 4.90 Å². The summed E-state index contributed by atoms with van der Waals surface area (Å²) < 4.78 is 0. The SMILES string of the molecule is CC1(N)CCCCC1C(=O)N1CC2CC3CC(C2)CC1C3.Cl. The largest absolute Gasteiger partial charge is 0.339 e. The average Bonchev–Trinajstić information content (AvgIpc) is 2.61. The first-order valence-electron chi connectivity index (χ1n) is 9.12. The molecule has 2 N–H and O–H groups in total. The minimum Gasteiger partial charge on any atom is -0.339 e. The maximum Gasteiger partial charge on any atom is 0.227 e. The predicted molar refractivity (Wildman–Crippen MR) is 90.9 cm³/mol. The fraction of sp³-hybridized carbons (Fsp3) is 0.944. The summed E-state index contributed by atoms with van der Waals surface area (Å²) >= 11 is 0. The van der Waals surface area contributed by atoms with Crippen LogP contribution < -0.4 is 5.73 Å². The summed E-state index contributed by atoms with van der Waals surface area (Å²) in [5, 5.41) is 0. The van der Waals surface area contributed by atoms with Gasteiger partial charge >= 0.3 is 0 Å². The van der Waals surface area contributed by atoms with E-state index in [0.717, 1.165) is 37.1 Å². The summed E-state index contributed by atoms with van der Waals surface area (Å²) in [6, 6.07) is 0.534. The summed E-state index contributed by atoms with van der Waals surface area (Å²) in [6.07, 6.45) is 11.1. The summed E-state index contributed by atoms with van der Waals surface area (Å²) in [5.74, 6) is 3.06. The maximum absolute atomic E-state index is 13.2. The Kier molecular flexibility index (Phi) is 4.50. The zero-order valence-corrected chi connectivity index (χ0v) is 14.6. The second-order valence-electron chi connectivity index (χ2n) is 8.73. The molecule has 5 rings (SSSR count). The minimum absolute atomic E-state index is 0. The topological polar surface area (TPSA) is 46.3 Å². The van der Waals surface area contributed by atoms with E-state index in [-0.39, 0.29) is 23.9 Å². The summed E-state index contributed by atoms with van der Waals surface area (Å²) in [5.41, 5.74) is 6.22. The van der Waals surface area contributed by atoms with E-state index >= 15 is 0 Å². The van der Waals surface area contributed by atoms with Crippen molar-refractivity contribution in [3.8, 4) is 0 Å². The third-order valence-corrected chi connectivity index (χ3v) is 6.94. The van der Waals surface area contributed by atoms with Gasteiger partial charge in [0.25, 0.3) is 0 Å². The summed E-state index contributed by atoms with van der Waals surface area (Å²) in [7, 11) is 0. The Balaban J connectivity index is 0.00000144. The van der Waals surface area contributed by atoms with Crippen LogP contribution in [0.2, 0.25) is 0 Å². The molecule has 5 fully saturated rings. The van der Waals surface area contributed by atoms with E-state index in [9.17, 15) is 4.79 Å². The molecule has 4 heteroatoms. The lowest BCUT2D eigenvalue weighted by Crippen LogP contribution is -2.55. The second-order valence-corrected chi connectivity index (χ2v) is 8.73. The third kappa shape index (κ3) is 2.80. The monoisotopic (exact) mass is 326 g/mol. The minimum atomic E-state index is -0.279. The smallest absolute Gasteiger partial charge is 0.227 e. The van der Waals surface area contributed by atoms with Crippen LogP contribution in [0.25, 0.3) is 0 Å². The number of hydrogen-bond donors (Lipinski definition) is 1. The molecule has 4 atom stereocenters. The van der Waals surface area contributed by atoms with Gasteiger partial charge in [0.15, 0.2) is 0 Å². The molecule has 0 spiro atoms. The van der Waals surface area contributed by atoms with Gasteiger partial charge in [-0.2, -0.15) is 0 Å². The van der Waals surface area contributed by atoms with E-state index in [4.69, 9.17) is 5.73 Å². The van der Waals surface area contributed by atoms with Gasteiger partial charge in [0.05, 0.1) is 5.92 Å². The van der Waals surface area contributed by atoms with Gasteiger partial charge in [-0.3, -0.25) is 4.79 Å². The number of nitrogens with two attached hydrogens (primary N) is 1. The van der Waals surface area contributed by atoms with Crippen LogP contribution in [-0.4, -0.2) is 28.9 Å². The van der Waals surface area contributed by atoms with Crippen molar-refractivity contribution < 1.29 is 4.79 Å². The number of rotatable bonds is 1. The Morgan fingerprint density at radius 2 is 1.68 bits per heavy atom. The third-order valence-electron chi connectivity index (χ3n) is 6.94. The zero-order valence-electron chi connectivity index (χ0n) is 13.8. The van der Waals surface area contributed by atoms with Crippen molar-refractivity contribution in [1.29, 1.82) is 0 Å². The lowest BCUT2D eigenvalue weighted by atomic mass is 9.68. The number of carbonyl (C=O) groups is 1. The van der Waals surface area contributed by atoms with Crippen molar-refractivity contribution in [2.75, 3.05) is 6.54 Å². The molecule has 0 aromatic rings. The fourth-order valence-corrected chi connectivity index (χ4v) is 6.02. The average molecular weight is 327 g/mol. The summed E-state index contributed by atoms with van der Waals surface area (Å²) in [6.45, 7) is 3.14. The maximum atomic E-state index is 13.2. The molecule has 5 aliphatic rings. The number of fused-ring (bicyclic) bond motifs is 1. The Hall–Kier alpha value is -0.280. The quantitative estimate of drug-likeness (QED) is 0.803. The fourth-order valence-electron chi connectivity index (χ4n) is 6.02. The molecule has 3 saturated carbocycles. The van der Waals surface area contributed by atoms with E-state index in [1.807, 2.05) is 0 Å². The van der Waals surface area contributed by atoms with Crippen molar-refractivity contribution in [2.24, 2.45) is 29.4 Å².